The first-order chi connectivity index (χ1) is 4.54. The van der Waals surface area contributed by atoms with Gasteiger partial charge in [0.2, 0.25) is 0 Å². The maximum atomic E-state index is 9.18. The summed E-state index contributed by atoms with van der Waals surface area (Å²) in [6.45, 7) is 0. The monoisotopic (exact) mass is 430 g/mol. The molecule has 0 spiro atoms. The second-order valence-electron chi connectivity index (χ2n) is 0.654. The van der Waals surface area contributed by atoms with Crippen LogP contribution in [0, 0.1) is 0 Å². The van der Waals surface area contributed by atoms with Crippen LogP contribution in [0.5, 0.6) is 0 Å². The van der Waals surface area contributed by atoms with E-state index in [4.69, 9.17) is 0 Å². The van der Waals surface area contributed by atoms with Gasteiger partial charge in [-0.2, -0.15) is 0 Å². The molecular formula is Cl2MgO6Sn2. The fourth-order valence-electron chi connectivity index (χ4n) is 0. The van der Waals surface area contributed by atoms with Gasteiger partial charge in [0.25, 0.3) is 0 Å². The van der Waals surface area contributed by atoms with Crippen LogP contribution in [0.3, 0.4) is 0 Å². The molecule has 0 fully saturated rings. The molecule has 11 heteroatoms. The van der Waals surface area contributed by atoms with Crippen LogP contribution in [0.15, 0.2) is 0 Å². The standard InChI is InChI=1S/2ClO.Mg.4O.2Sn/c2*1-2;;;;;;;/q2*-1;+2;;;2*-1;2*+1. The Morgan fingerprint density at radius 1 is 1.00 bits per heavy atom. The predicted octanol–water partition coefficient (Wildman–Crippen LogP) is -2.52. The van der Waals surface area contributed by atoms with E-state index >= 15 is 0 Å². The van der Waals surface area contributed by atoms with Crippen molar-refractivity contribution in [2.24, 2.45) is 0 Å². The average molecular weight is 429 g/mol. The molecule has 0 bridgehead atoms. The summed E-state index contributed by atoms with van der Waals surface area (Å²) in [6.07, 6.45) is 0. The van der Waals surface area contributed by atoms with Crippen molar-refractivity contribution in [1.29, 1.82) is 0 Å². The SMILES string of the molecule is [Mg+2].[O]=[Sn]([O-])[O]Cl.[O]=[Sn]([O-])[O]Cl. The maximum absolute atomic E-state index is 9.18. The first kappa shape index (κ1) is 19.0. The fraction of sp³-hybridized carbons (Fsp3) is 0. The van der Waals surface area contributed by atoms with E-state index in [1.54, 1.807) is 0 Å². The van der Waals surface area contributed by atoms with Crippen molar-refractivity contribution in [2.45, 2.75) is 0 Å². The summed E-state index contributed by atoms with van der Waals surface area (Å²) in [5.74, 6) is 0. The Morgan fingerprint density at radius 3 is 1.09 bits per heavy atom. The van der Waals surface area contributed by atoms with E-state index in [9.17, 15) is 13.0 Å². The van der Waals surface area contributed by atoms with Gasteiger partial charge in [-0.15, -0.1) is 0 Å². The van der Waals surface area contributed by atoms with Crippen molar-refractivity contribution in [3.05, 3.63) is 0 Å². The molecule has 0 rings (SSSR count). The van der Waals surface area contributed by atoms with Crippen molar-refractivity contribution >= 4 is 87.9 Å². The van der Waals surface area contributed by atoms with E-state index in [-0.39, 0.29) is 23.1 Å². The van der Waals surface area contributed by atoms with Crippen molar-refractivity contribution in [1.82, 2.24) is 0 Å². The summed E-state index contributed by atoms with van der Waals surface area (Å²) >= 11 is 0.969. The predicted molar refractivity (Wildman–Crippen MR) is 32.5 cm³/mol. The van der Waals surface area contributed by atoms with Crippen molar-refractivity contribution in [2.75, 3.05) is 0 Å². The van der Waals surface area contributed by atoms with Gasteiger partial charge >= 0.3 is 106 Å². The van der Waals surface area contributed by atoms with Gasteiger partial charge in [0.05, 0.1) is 0 Å². The van der Waals surface area contributed by atoms with Crippen LogP contribution in [0.4, 0.5) is 0 Å². The molecule has 0 aromatic rings. The molecule has 0 saturated heterocycles. The average Bonchev–Trinajstić information content (AvgIpc) is 1.89. The quantitative estimate of drug-likeness (QED) is 0.451. The Balaban J connectivity index is -0.000000107. The zero-order chi connectivity index (χ0) is 8.57. The van der Waals surface area contributed by atoms with Crippen LogP contribution in [0.25, 0.3) is 0 Å². The summed E-state index contributed by atoms with van der Waals surface area (Å²) in [4.78, 5) is 0. The molecule has 6 nitrogen and oxygen atoms in total. The van der Waals surface area contributed by atoms with Crippen molar-refractivity contribution < 1.29 is 18.3 Å². The van der Waals surface area contributed by atoms with Crippen LogP contribution in [-0.4, -0.2) is 64.2 Å². The summed E-state index contributed by atoms with van der Waals surface area (Å²) in [6, 6.07) is 0. The Morgan fingerprint density at radius 2 is 1.09 bits per heavy atom. The van der Waals surface area contributed by atoms with Gasteiger partial charge < -0.3 is 0 Å². The van der Waals surface area contributed by atoms with E-state index in [2.05, 4.69) is 29.0 Å². The topological polar surface area (TPSA) is 98.7 Å². The number of hydrogen-bond donors (Lipinski definition) is 0. The van der Waals surface area contributed by atoms with Gasteiger partial charge in [0.15, 0.2) is 0 Å². The number of hydrogen-bond acceptors (Lipinski definition) is 6. The first-order valence-corrected chi connectivity index (χ1v) is 9.14. The third kappa shape index (κ3) is 32.8. The van der Waals surface area contributed by atoms with E-state index in [1.807, 2.05) is 0 Å². The molecule has 0 atom stereocenters. The molecule has 0 saturated carbocycles. The number of halogens is 2. The van der Waals surface area contributed by atoms with E-state index in [0.717, 1.165) is 0 Å². The molecule has 0 N–H and O–H groups in total. The first-order valence-electron chi connectivity index (χ1n) is 1.53. The molecular weight excluding hydrogens is 429 g/mol. The van der Waals surface area contributed by atoms with Crippen LogP contribution in [0.2, 0.25) is 0 Å². The third-order valence-corrected chi connectivity index (χ3v) is 2.54. The summed E-state index contributed by atoms with van der Waals surface area (Å²) in [7, 11) is 0. The van der Waals surface area contributed by atoms with Gasteiger partial charge in [-0.25, -0.2) is 0 Å². The van der Waals surface area contributed by atoms with Gasteiger partial charge in [0.1, 0.15) is 0 Å². The van der Waals surface area contributed by atoms with Crippen LogP contribution >= 0.6 is 23.7 Å². The zero-order valence-corrected chi connectivity index (χ0v) is 13.5. The molecule has 0 unspecified atom stereocenters. The van der Waals surface area contributed by atoms with Crippen molar-refractivity contribution in [3.8, 4) is 0 Å². The fourth-order valence-corrected chi connectivity index (χ4v) is 0. The van der Waals surface area contributed by atoms with Crippen molar-refractivity contribution in [3.63, 3.8) is 0 Å². The molecule has 0 heterocycles. The molecule has 0 aliphatic rings. The summed E-state index contributed by atoms with van der Waals surface area (Å²) < 4.78 is 43.3. The molecule has 0 aliphatic heterocycles. The third-order valence-electron chi connectivity index (χ3n) is 0.126. The van der Waals surface area contributed by atoms with E-state index < -0.39 is 41.1 Å². The molecule has 0 aromatic carbocycles. The molecule has 0 radical (unpaired) electrons. The van der Waals surface area contributed by atoms with Gasteiger partial charge in [0, 0.05) is 0 Å². The van der Waals surface area contributed by atoms with E-state index in [0.29, 0.717) is 0 Å². The van der Waals surface area contributed by atoms with Crippen LogP contribution < -0.4 is 6.89 Å². The molecule has 0 amide bonds. The molecule has 11 heavy (non-hydrogen) atoms. The summed E-state index contributed by atoms with van der Waals surface area (Å²) in [5.41, 5.74) is 0. The minimum absolute atomic E-state index is 0. The molecule has 0 aromatic heterocycles. The second kappa shape index (κ2) is 14.9. The van der Waals surface area contributed by atoms with Crippen LogP contribution in [-0.2, 0) is 11.4 Å². The zero-order valence-electron chi connectivity index (χ0n) is 4.91. The number of rotatable bonds is 2. The molecule has 0 aliphatic carbocycles. The van der Waals surface area contributed by atoms with Gasteiger partial charge in [-0.3, -0.25) is 0 Å². The van der Waals surface area contributed by atoms with Gasteiger partial charge in [-0.05, 0) is 0 Å². The minimum atomic E-state index is -3.81. The normalized spacial score (nSPS) is 6.91. The Labute approximate surface area is 105 Å². The molecule has 60 valence electrons. The second-order valence-corrected chi connectivity index (χ2v) is 6.46. The summed E-state index contributed by atoms with van der Waals surface area (Å²) in [5, 5.41) is 0. The van der Waals surface area contributed by atoms with Crippen LogP contribution in [0.1, 0.15) is 0 Å². The van der Waals surface area contributed by atoms with Gasteiger partial charge in [-0.1, -0.05) is 0 Å². The Hall–Kier alpha value is 2.38. The Bertz CT molecular complexity index is 103. The Kier molecular flexibility index (Phi) is 25.8. The van der Waals surface area contributed by atoms with E-state index in [1.165, 1.54) is 0 Å².